The number of benzene rings is 2. The van der Waals surface area contributed by atoms with Crippen LogP contribution in [-0.4, -0.2) is 20.7 Å². The predicted molar refractivity (Wildman–Crippen MR) is 108 cm³/mol. The van der Waals surface area contributed by atoms with Crippen LogP contribution in [0.25, 0.3) is 0 Å². The molecule has 1 aromatic heterocycles. The topological polar surface area (TPSA) is 110 Å². The van der Waals surface area contributed by atoms with Gasteiger partial charge in [0, 0.05) is 27.0 Å². The van der Waals surface area contributed by atoms with Gasteiger partial charge >= 0.3 is 5.69 Å². The Kier molecular flexibility index (Phi) is 5.72. The van der Waals surface area contributed by atoms with E-state index in [1.54, 1.807) is 42.5 Å². The summed E-state index contributed by atoms with van der Waals surface area (Å²) in [6.07, 6.45) is 1.19. The molecular weight excluding hydrogens is 405 g/mol. The monoisotopic (exact) mass is 417 g/mol. The van der Waals surface area contributed by atoms with Gasteiger partial charge in [-0.15, -0.1) is 0 Å². The largest absolute Gasteiger partial charge is 0.353 e. The van der Waals surface area contributed by atoms with Crippen LogP contribution in [0.5, 0.6) is 0 Å². The summed E-state index contributed by atoms with van der Waals surface area (Å²) in [4.78, 5) is 30.3. The van der Waals surface area contributed by atoms with Gasteiger partial charge in [-0.2, -0.15) is 0 Å². The predicted octanol–water partition coefficient (Wildman–Crippen LogP) is 5.38. The van der Waals surface area contributed by atoms with Crippen LogP contribution in [-0.2, 0) is 0 Å². The van der Waals surface area contributed by atoms with Crippen LogP contribution in [0.2, 0.25) is 10.0 Å². The highest BCUT2D eigenvalue weighted by Crippen LogP contribution is 2.34. The minimum Gasteiger partial charge on any atom is -0.334 e. The smallest absolute Gasteiger partial charge is 0.334 e. The third-order valence-electron chi connectivity index (χ3n) is 3.68. The fourth-order valence-corrected chi connectivity index (χ4v) is 2.95. The lowest BCUT2D eigenvalue weighted by molar-refractivity contribution is -0.383. The van der Waals surface area contributed by atoms with Crippen LogP contribution in [0.15, 0.2) is 48.8 Å². The summed E-state index contributed by atoms with van der Waals surface area (Å²) in [7, 11) is 0. The molecule has 2 N–H and O–H groups in total. The first-order valence-corrected chi connectivity index (χ1v) is 8.69. The van der Waals surface area contributed by atoms with Gasteiger partial charge in [-0.1, -0.05) is 23.2 Å². The average Bonchev–Trinajstić information content (AvgIpc) is 2.61. The summed E-state index contributed by atoms with van der Waals surface area (Å²) in [5.41, 5.74) is 1.15. The Balaban J connectivity index is 1.95. The van der Waals surface area contributed by atoms with E-state index < -0.39 is 4.92 Å². The Morgan fingerprint density at radius 1 is 0.964 bits per heavy atom. The molecule has 0 unspecified atom stereocenters. The molecule has 0 saturated carbocycles. The van der Waals surface area contributed by atoms with Crippen molar-refractivity contribution in [1.29, 1.82) is 0 Å². The molecule has 0 aliphatic heterocycles. The maximum absolute atomic E-state index is 11.6. The maximum Gasteiger partial charge on any atom is 0.353 e. The fourth-order valence-electron chi connectivity index (χ4n) is 2.42. The minimum atomic E-state index is -0.596. The molecule has 8 nitrogen and oxygen atoms in total. The van der Waals surface area contributed by atoms with E-state index in [-0.39, 0.29) is 23.1 Å². The number of carbonyl (C=O) groups excluding carboxylic acids is 1. The molecule has 142 valence electrons. The van der Waals surface area contributed by atoms with Crippen LogP contribution in [0, 0.1) is 10.1 Å². The van der Waals surface area contributed by atoms with E-state index >= 15 is 0 Å². The van der Waals surface area contributed by atoms with E-state index in [4.69, 9.17) is 23.2 Å². The van der Waals surface area contributed by atoms with Gasteiger partial charge in [-0.25, -0.2) is 9.97 Å². The second kappa shape index (κ2) is 8.20. The van der Waals surface area contributed by atoms with E-state index in [0.29, 0.717) is 27.0 Å². The highest BCUT2D eigenvalue weighted by atomic mass is 35.5. The summed E-state index contributed by atoms with van der Waals surface area (Å²) < 4.78 is 0. The molecule has 0 saturated heterocycles. The SMILES string of the molecule is CC(=O)c1ccc(Nc2ncnc(Nc3cc(Cl)cc(Cl)c3)c2[N+](=O)[O-])cc1. The molecule has 0 atom stereocenters. The molecule has 0 aliphatic carbocycles. The Morgan fingerprint density at radius 3 is 2.00 bits per heavy atom. The van der Waals surface area contributed by atoms with Crippen LogP contribution < -0.4 is 10.6 Å². The number of nitrogens with one attached hydrogen (secondary N) is 2. The molecular formula is C18H13Cl2N5O3. The molecule has 0 bridgehead atoms. The molecule has 0 amide bonds. The first kappa shape index (κ1) is 19.5. The maximum atomic E-state index is 11.6. The van der Waals surface area contributed by atoms with Gasteiger partial charge in [0.25, 0.3) is 0 Å². The highest BCUT2D eigenvalue weighted by Gasteiger charge is 2.23. The number of halogens is 2. The fraction of sp³-hybridized carbons (Fsp3) is 0.0556. The lowest BCUT2D eigenvalue weighted by atomic mass is 10.1. The number of aromatic nitrogens is 2. The van der Waals surface area contributed by atoms with E-state index in [2.05, 4.69) is 20.6 Å². The first-order chi connectivity index (χ1) is 13.3. The van der Waals surface area contributed by atoms with Crippen molar-refractivity contribution in [2.24, 2.45) is 0 Å². The summed E-state index contributed by atoms with van der Waals surface area (Å²) in [5, 5.41) is 18.1. The van der Waals surface area contributed by atoms with Crippen molar-refractivity contribution < 1.29 is 9.72 Å². The van der Waals surface area contributed by atoms with Gasteiger partial charge in [0.2, 0.25) is 11.6 Å². The van der Waals surface area contributed by atoms with Gasteiger partial charge in [0.05, 0.1) is 4.92 Å². The van der Waals surface area contributed by atoms with Gasteiger partial charge < -0.3 is 10.6 Å². The zero-order valence-electron chi connectivity index (χ0n) is 14.4. The highest BCUT2D eigenvalue weighted by molar-refractivity contribution is 6.35. The second-order valence-corrected chi connectivity index (χ2v) is 6.59. The normalized spacial score (nSPS) is 10.4. The summed E-state index contributed by atoms with van der Waals surface area (Å²) in [6, 6.07) is 11.2. The number of rotatable bonds is 6. The van der Waals surface area contributed by atoms with Gasteiger partial charge in [-0.3, -0.25) is 14.9 Å². The number of nitro groups is 1. The van der Waals surface area contributed by atoms with Gasteiger partial charge in [0.15, 0.2) is 5.78 Å². The third kappa shape index (κ3) is 4.54. The second-order valence-electron chi connectivity index (χ2n) is 5.72. The zero-order chi connectivity index (χ0) is 20.3. The van der Waals surface area contributed by atoms with Crippen molar-refractivity contribution in [3.05, 3.63) is 74.5 Å². The summed E-state index contributed by atoms with van der Waals surface area (Å²) in [6.45, 7) is 1.46. The van der Waals surface area contributed by atoms with E-state index in [9.17, 15) is 14.9 Å². The molecule has 0 spiro atoms. The number of nitrogens with zero attached hydrogens (tertiary/aromatic N) is 3. The van der Waals surface area contributed by atoms with Crippen molar-refractivity contribution >= 4 is 57.7 Å². The average molecular weight is 418 g/mol. The quantitative estimate of drug-likeness (QED) is 0.314. The van der Waals surface area contributed by atoms with Crippen molar-refractivity contribution in [3.8, 4) is 0 Å². The molecule has 0 fully saturated rings. The minimum absolute atomic E-state index is 0.00815. The van der Waals surface area contributed by atoms with Gasteiger partial charge in [0.1, 0.15) is 6.33 Å². The zero-order valence-corrected chi connectivity index (χ0v) is 16.0. The van der Waals surface area contributed by atoms with Crippen LogP contribution in [0.1, 0.15) is 17.3 Å². The van der Waals surface area contributed by atoms with Crippen LogP contribution >= 0.6 is 23.2 Å². The van der Waals surface area contributed by atoms with Crippen LogP contribution in [0.4, 0.5) is 28.7 Å². The Morgan fingerprint density at radius 2 is 1.50 bits per heavy atom. The van der Waals surface area contributed by atoms with E-state index in [0.717, 1.165) is 0 Å². The van der Waals surface area contributed by atoms with Crippen molar-refractivity contribution in [3.63, 3.8) is 0 Å². The molecule has 3 aromatic rings. The van der Waals surface area contributed by atoms with Crippen molar-refractivity contribution in [2.75, 3.05) is 10.6 Å². The molecule has 28 heavy (non-hydrogen) atoms. The number of carbonyl (C=O) groups is 1. The van der Waals surface area contributed by atoms with E-state index in [1.807, 2.05) is 0 Å². The summed E-state index contributed by atoms with van der Waals surface area (Å²) >= 11 is 11.9. The molecule has 1 heterocycles. The number of hydrogen-bond donors (Lipinski definition) is 2. The molecule has 0 radical (unpaired) electrons. The third-order valence-corrected chi connectivity index (χ3v) is 4.12. The van der Waals surface area contributed by atoms with Gasteiger partial charge in [-0.05, 0) is 49.4 Å². The molecule has 0 aliphatic rings. The Hall–Kier alpha value is -3.23. The number of ketones is 1. The van der Waals surface area contributed by atoms with Crippen molar-refractivity contribution in [1.82, 2.24) is 9.97 Å². The number of anilines is 4. The first-order valence-electron chi connectivity index (χ1n) is 7.94. The molecule has 3 rings (SSSR count). The Labute approximate surface area is 169 Å². The Bertz CT molecular complexity index is 1040. The number of Topliss-reactive ketones (excluding diaryl/α,β-unsaturated/α-hetero) is 1. The number of hydrogen-bond acceptors (Lipinski definition) is 7. The lowest BCUT2D eigenvalue weighted by Crippen LogP contribution is -2.05. The lowest BCUT2D eigenvalue weighted by Gasteiger charge is -2.11. The molecule has 2 aromatic carbocycles. The molecule has 10 heteroatoms. The summed E-state index contributed by atoms with van der Waals surface area (Å²) in [5.74, 6) is -0.112. The van der Waals surface area contributed by atoms with Crippen molar-refractivity contribution in [2.45, 2.75) is 6.92 Å². The van der Waals surface area contributed by atoms with E-state index in [1.165, 1.54) is 13.3 Å². The van der Waals surface area contributed by atoms with Crippen LogP contribution in [0.3, 0.4) is 0 Å². The standard InChI is InChI=1S/C18H13Cl2N5O3/c1-10(26)11-2-4-14(5-3-11)23-17-16(25(27)28)18(22-9-21-17)24-15-7-12(19)6-13(20)8-15/h2-9H,1H3,(H2,21,22,23,24).